The topological polar surface area (TPSA) is 399 Å². The maximum Gasteiger partial charge on any atom is 0.246 e. The summed E-state index contributed by atoms with van der Waals surface area (Å²) < 4.78 is 0. The van der Waals surface area contributed by atoms with Crippen molar-refractivity contribution in [3.8, 4) is 0 Å². The summed E-state index contributed by atoms with van der Waals surface area (Å²) in [4.78, 5) is 110. The van der Waals surface area contributed by atoms with Crippen LogP contribution in [0.1, 0.15) is 74.5 Å². The first-order chi connectivity index (χ1) is 37.4. The normalized spacial score (nSPS) is 27.6. The zero-order valence-electron chi connectivity index (χ0n) is 43.5. The minimum atomic E-state index is -1.57. The quantitative estimate of drug-likeness (QED) is 0.0484. The first kappa shape index (κ1) is 54.2. The Kier molecular flexibility index (Phi) is 15.9. The third-order valence-electron chi connectivity index (χ3n) is 16.1. The van der Waals surface area contributed by atoms with E-state index in [1.807, 2.05) is 78.9 Å². The molecule has 3 saturated carbocycles. The van der Waals surface area contributed by atoms with Gasteiger partial charge in [-0.1, -0.05) is 66.7 Å². The Labute approximate surface area is 450 Å². The Balaban J connectivity index is 1.13. The number of nitrogens with one attached hydrogen (secondary N) is 8. The number of H-pyrrole nitrogens is 2. The summed E-state index contributed by atoms with van der Waals surface area (Å²) in [5.41, 5.74) is 33.0. The zero-order chi connectivity index (χ0) is 55.2. The first-order valence-corrected chi connectivity index (χ1v) is 26.6. The van der Waals surface area contributed by atoms with Gasteiger partial charge in [0.05, 0.1) is 0 Å². The van der Waals surface area contributed by atoms with Crippen molar-refractivity contribution >= 4 is 75.1 Å². The second kappa shape index (κ2) is 22.9. The largest absolute Gasteiger partial charge is 0.370 e. The van der Waals surface area contributed by atoms with E-state index in [2.05, 4.69) is 56.8 Å². The Morgan fingerprint density at radius 3 is 1.24 bits per heavy atom. The van der Waals surface area contributed by atoms with E-state index >= 15 is 28.8 Å². The molecule has 9 rings (SSSR count). The summed E-state index contributed by atoms with van der Waals surface area (Å²) in [5.74, 6) is -4.51. The van der Waals surface area contributed by atoms with E-state index in [0.717, 1.165) is 21.8 Å². The molecule has 412 valence electrons. The maximum atomic E-state index is 15.4. The van der Waals surface area contributed by atoms with Crippen LogP contribution in [0, 0.1) is 17.8 Å². The third kappa shape index (κ3) is 12.1. The van der Waals surface area contributed by atoms with Crippen LogP contribution < -0.4 is 66.3 Å². The standard InChI is InChI=1S/C55H71N17O6/c56-50(57)62-17-14-32-23-53(24-32)47(76)69-42(21-35-29-65-39-12-6-4-10-37(35)39)45(74)67-41(20-31-8-2-1-3-9-31)44(73)68-43(22-36-30-66-40-13-7-5-11-38(36)40)46(75)70-54(25-33(26-54)15-18-63-51(58)59)48(77)72-55(49(78)71-53)27-34(28-55)16-19-64-52(60)61/h1-13,29-30,32-34,41-43,65-66H,14-28H2,(H,67,74)(H,68,73)(H,69,76)(H,70,75)(H,71,78)(H,72,77)(H4,56,57,62)(H4,58,59,63)(H4,60,61,64)/t32?,33?,34?,41-,42-,43-,53?,54?,55?/m0/s1. The number of guanidine groups is 3. The van der Waals surface area contributed by atoms with Crippen LogP contribution in [0.4, 0.5) is 0 Å². The molecule has 1 aliphatic heterocycles. The van der Waals surface area contributed by atoms with Gasteiger partial charge in [-0.3, -0.25) is 43.7 Å². The van der Waals surface area contributed by atoms with Crippen molar-refractivity contribution in [3.05, 3.63) is 108 Å². The molecule has 4 fully saturated rings. The lowest BCUT2D eigenvalue weighted by Gasteiger charge is -2.54. The van der Waals surface area contributed by atoms with Gasteiger partial charge in [-0.05, 0) is 104 Å². The molecule has 20 N–H and O–H groups in total. The van der Waals surface area contributed by atoms with Crippen LogP contribution in [-0.2, 0) is 48.0 Å². The second-order valence-electron chi connectivity index (χ2n) is 21.7. The van der Waals surface area contributed by atoms with Gasteiger partial charge < -0.3 is 76.3 Å². The number of fused-ring (bicyclic) bond motifs is 2. The maximum absolute atomic E-state index is 15.4. The number of para-hydroxylation sites is 2. The zero-order valence-corrected chi connectivity index (χ0v) is 43.5. The van der Waals surface area contributed by atoms with Crippen LogP contribution >= 0.6 is 0 Å². The number of hydrogen-bond donors (Lipinski definition) is 14. The summed E-state index contributed by atoms with van der Waals surface area (Å²) in [6, 6.07) is 20.3. The molecule has 0 radical (unpaired) electrons. The van der Waals surface area contributed by atoms with Crippen molar-refractivity contribution in [1.82, 2.24) is 41.9 Å². The van der Waals surface area contributed by atoms with Gasteiger partial charge in [0.25, 0.3) is 0 Å². The third-order valence-corrected chi connectivity index (χ3v) is 16.1. The molecule has 6 amide bonds. The fraction of sp³-hybridized carbons (Fsp3) is 0.436. The van der Waals surface area contributed by atoms with Gasteiger partial charge in [0.2, 0.25) is 35.4 Å². The lowest BCUT2D eigenvalue weighted by Crippen LogP contribution is -2.77. The van der Waals surface area contributed by atoms with Gasteiger partial charge >= 0.3 is 0 Å². The van der Waals surface area contributed by atoms with E-state index in [1.54, 1.807) is 12.4 Å². The molecule has 78 heavy (non-hydrogen) atoms. The predicted molar refractivity (Wildman–Crippen MR) is 297 cm³/mol. The number of aromatic amines is 2. The molecule has 23 nitrogen and oxygen atoms in total. The fourth-order valence-electron chi connectivity index (χ4n) is 11.9. The molecule has 5 aromatic rings. The van der Waals surface area contributed by atoms with Crippen LogP contribution in [-0.4, -0.2) is 118 Å². The molecular weight excluding hydrogens is 995 g/mol. The average molecular weight is 1070 g/mol. The SMILES string of the molecule is NC(N)=NCCC1CC2(C1)NC(=O)[C@H](Cc1c[nH]c3ccccc13)NC(=O)[C@H](Cc1ccccc1)NC(=O)[C@H](Cc1c[nH]c3ccccc13)NC(=O)C1(CC(CCN=C(N)N)C1)NC(=O)C1(CC(CCN=C(N)N)C1)NC2=O. The van der Waals surface area contributed by atoms with E-state index in [9.17, 15) is 0 Å². The fourth-order valence-corrected chi connectivity index (χ4v) is 11.9. The first-order valence-electron chi connectivity index (χ1n) is 26.6. The Morgan fingerprint density at radius 1 is 0.436 bits per heavy atom. The van der Waals surface area contributed by atoms with Gasteiger partial charge in [-0.15, -0.1) is 0 Å². The van der Waals surface area contributed by atoms with E-state index < -0.39 is 70.2 Å². The Bertz CT molecular complexity index is 3010. The number of nitrogens with two attached hydrogens (primary N) is 6. The van der Waals surface area contributed by atoms with Gasteiger partial charge in [0.1, 0.15) is 34.7 Å². The smallest absolute Gasteiger partial charge is 0.246 e. The van der Waals surface area contributed by atoms with E-state index in [-0.39, 0.29) is 113 Å². The molecule has 0 bridgehead atoms. The van der Waals surface area contributed by atoms with E-state index in [4.69, 9.17) is 34.4 Å². The highest BCUT2D eigenvalue weighted by molar-refractivity contribution is 6.03. The van der Waals surface area contributed by atoms with Crippen LogP contribution in [0.15, 0.2) is 106 Å². The molecule has 2 aromatic heterocycles. The van der Waals surface area contributed by atoms with E-state index in [0.29, 0.717) is 36.0 Å². The molecule has 1 saturated heterocycles. The number of benzene rings is 3. The van der Waals surface area contributed by atoms with E-state index in [1.165, 1.54) is 0 Å². The van der Waals surface area contributed by atoms with Crippen molar-refractivity contribution in [2.45, 2.75) is 112 Å². The molecule has 3 atom stereocenters. The molecule has 3 heterocycles. The molecule has 23 heteroatoms. The number of rotatable bonds is 15. The molecule has 0 unspecified atom stereocenters. The van der Waals surface area contributed by atoms with Crippen molar-refractivity contribution in [1.29, 1.82) is 0 Å². The number of amides is 6. The number of aliphatic imine (C=N–C) groups is 3. The molecule has 3 aromatic carbocycles. The molecule has 3 spiro atoms. The van der Waals surface area contributed by atoms with Gasteiger partial charge in [0.15, 0.2) is 17.9 Å². The van der Waals surface area contributed by atoms with Crippen molar-refractivity contribution in [3.63, 3.8) is 0 Å². The van der Waals surface area contributed by atoms with Crippen LogP contribution in [0.25, 0.3) is 21.8 Å². The number of carbonyl (C=O) groups excluding carboxylic acids is 6. The van der Waals surface area contributed by atoms with Gasteiger partial charge in [-0.25, -0.2) is 0 Å². The number of nitrogens with zero attached hydrogens (tertiary/aromatic N) is 3. The van der Waals surface area contributed by atoms with Crippen LogP contribution in [0.2, 0.25) is 0 Å². The number of aromatic nitrogens is 2. The molecule has 3 aliphatic carbocycles. The van der Waals surface area contributed by atoms with Crippen molar-refractivity contribution in [2.24, 2.45) is 67.1 Å². The number of carbonyl (C=O) groups is 6. The minimum Gasteiger partial charge on any atom is -0.370 e. The van der Waals surface area contributed by atoms with Gasteiger partial charge in [0, 0.05) is 73.1 Å². The lowest BCUT2D eigenvalue weighted by molar-refractivity contribution is -0.152. The highest BCUT2D eigenvalue weighted by Crippen LogP contribution is 2.47. The predicted octanol–water partition coefficient (Wildman–Crippen LogP) is -0.0694. The molecular formula is C55H71N17O6. The second-order valence-corrected chi connectivity index (χ2v) is 21.7. The Hall–Kier alpha value is -8.63. The summed E-state index contributed by atoms with van der Waals surface area (Å²) in [6.07, 6.45) is 5.89. The number of hydrogen-bond acceptors (Lipinski definition) is 9. The molecule has 4 aliphatic rings. The van der Waals surface area contributed by atoms with Crippen molar-refractivity contribution in [2.75, 3.05) is 19.6 Å². The average Bonchev–Trinajstić information content (AvgIpc) is 4.08. The summed E-state index contributed by atoms with van der Waals surface area (Å²) in [5, 5.41) is 19.9. The van der Waals surface area contributed by atoms with Crippen LogP contribution in [0.3, 0.4) is 0 Å². The highest BCUT2D eigenvalue weighted by Gasteiger charge is 2.60. The highest BCUT2D eigenvalue weighted by atomic mass is 16.2. The summed E-state index contributed by atoms with van der Waals surface area (Å²) >= 11 is 0. The monoisotopic (exact) mass is 1070 g/mol. The Morgan fingerprint density at radius 2 is 0.808 bits per heavy atom. The lowest BCUT2D eigenvalue weighted by atomic mass is 9.62. The summed E-state index contributed by atoms with van der Waals surface area (Å²) in [7, 11) is 0. The van der Waals surface area contributed by atoms with Crippen LogP contribution in [0.5, 0.6) is 0 Å². The summed E-state index contributed by atoms with van der Waals surface area (Å²) in [6.45, 7) is 0.821. The van der Waals surface area contributed by atoms with Gasteiger partial charge in [-0.2, -0.15) is 0 Å². The minimum absolute atomic E-state index is 0.00388. The van der Waals surface area contributed by atoms with Crippen molar-refractivity contribution < 1.29 is 28.8 Å².